The molecular formula is C14H18N2O3. The lowest BCUT2D eigenvalue weighted by Gasteiger charge is -2.08. The van der Waals surface area contributed by atoms with Crippen LogP contribution < -0.4 is 5.32 Å². The fourth-order valence-electron chi connectivity index (χ4n) is 1.78. The van der Waals surface area contributed by atoms with E-state index in [2.05, 4.69) is 16.2 Å². The van der Waals surface area contributed by atoms with Gasteiger partial charge in [0, 0.05) is 5.69 Å². The van der Waals surface area contributed by atoms with Gasteiger partial charge in [0.2, 0.25) is 0 Å². The third kappa shape index (κ3) is 3.38. The van der Waals surface area contributed by atoms with Crippen LogP contribution in [0.3, 0.4) is 0 Å². The molecule has 1 heterocycles. The van der Waals surface area contributed by atoms with Crippen molar-refractivity contribution in [2.75, 3.05) is 6.54 Å². The number of carbonyl (C=O) groups excluding carboxylic acids is 2. The zero-order valence-electron chi connectivity index (χ0n) is 11.6. The van der Waals surface area contributed by atoms with Crippen molar-refractivity contribution in [2.45, 2.75) is 33.8 Å². The molecule has 1 amide bonds. The molecule has 0 aromatic carbocycles. The highest BCUT2D eigenvalue weighted by Gasteiger charge is 2.23. The zero-order valence-corrected chi connectivity index (χ0v) is 11.6. The summed E-state index contributed by atoms with van der Waals surface area (Å²) in [5.41, 5.74) is 1.91. The molecule has 5 nitrogen and oxygen atoms in total. The molecule has 1 aromatic rings. The van der Waals surface area contributed by atoms with Crippen molar-refractivity contribution in [3.63, 3.8) is 0 Å². The second-order valence-electron chi connectivity index (χ2n) is 4.47. The van der Waals surface area contributed by atoms with Crippen LogP contribution in [0, 0.1) is 26.2 Å². The van der Waals surface area contributed by atoms with Gasteiger partial charge in [-0.2, -0.15) is 0 Å². The Balaban J connectivity index is 3.04. The van der Waals surface area contributed by atoms with Gasteiger partial charge in [-0.1, -0.05) is 5.92 Å². The van der Waals surface area contributed by atoms with Crippen LogP contribution in [0.1, 0.15) is 46.0 Å². The summed E-state index contributed by atoms with van der Waals surface area (Å²) in [4.78, 5) is 26.7. The van der Waals surface area contributed by atoms with Crippen molar-refractivity contribution in [3.8, 4) is 12.3 Å². The highest BCUT2D eigenvalue weighted by molar-refractivity contribution is 6.00. The van der Waals surface area contributed by atoms with Crippen molar-refractivity contribution in [2.24, 2.45) is 0 Å². The Hall–Kier alpha value is -2.22. The first kappa shape index (κ1) is 14.8. The first-order chi connectivity index (χ1) is 8.88. The molecule has 0 saturated carbocycles. The summed E-state index contributed by atoms with van der Waals surface area (Å²) in [6.07, 6.45) is 4.87. The van der Waals surface area contributed by atoms with E-state index in [4.69, 9.17) is 11.2 Å². The number of esters is 1. The van der Waals surface area contributed by atoms with Gasteiger partial charge in [0.25, 0.3) is 5.91 Å². The maximum Gasteiger partial charge on any atom is 0.340 e. The van der Waals surface area contributed by atoms with Crippen LogP contribution in [0.25, 0.3) is 0 Å². The summed E-state index contributed by atoms with van der Waals surface area (Å²) in [5.74, 6) is 1.56. The second-order valence-corrected chi connectivity index (χ2v) is 4.47. The van der Waals surface area contributed by atoms with Gasteiger partial charge in [0.1, 0.15) is 5.69 Å². The van der Waals surface area contributed by atoms with E-state index in [1.165, 1.54) is 0 Å². The summed E-state index contributed by atoms with van der Waals surface area (Å²) in [6.45, 7) is 7.11. The monoisotopic (exact) mass is 262 g/mol. The number of ether oxygens (including phenoxy) is 1. The molecule has 1 rings (SSSR count). The minimum atomic E-state index is -0.433. The summed E-state index contributed by atoms with van der Waals surface area (Å²) >= 11 is 0. The Kier molecular flexibility index (Phi) is 4.76. The van der Waals surface area contributed by atoms with Crippen LogP contribution in [-0.4, -0.2) is 29.5 Å². The van der Waals surface area contributed by atoms with Crippen LogP contribution >= 0.6 is 0 Å². The predicted octanol–water partition coefficient (Wildman–Crippen LogP) is 1.56. The van der Waals surface area contributed by atoms with Crippen molar-refractivity contribution in [3.05, 3.63) is 22.5 Å². The molecule has 0 bridgehead atoms. The molecule has 0 spiro atoms. The number of hydrogen-bond donors (Lipinski definition) is 2. The number of aromatic amines is 1. The van der Waals surface area contributed by atoms with Gasteiger partial charge in [0.15, 0.2) is 0 Å². The average molecular weight is 262 g/mol. The molecule has 0 aliphatic carbocycles. The highest BCUT2D eigenvalue weighted by Crippen LogP contribution is 2.19. The maximum absolute atomic E-state index is 11.9. The third-order valence-corrected chi connectivity index (χ3v) is 2.56. The van der Waals surface area contributed by atoms with E-state index in [1.807, 2.05) is 0 Å². The summed E-state index contributed by atoms with van der Waals surface area (Å²) in [6, 6.07) is 0. The van der Waals surface area contributed by atoms with Gasteiger partial charge in [0.05, 0.1) is 18.2 Å². The van der Waals surface area contributed by atoms with Gasteiger partial charge in [-0.05, 0) is 33.3 Å². The Morgan fingerprint density at radius 1 is 1.42 bits per heavy atom. The number of H-pyrrole nitrogens is 1. The van der Waals surface area contributed by atoms with Crippen LogP contribution in [0.15, 0.2) is 0 Å². The lowest BCUT2D eigenvalue weighted by Crippen LogP contribution is -2.24. The Morgan fingerprint density at radius 3 is 2.58 bits per heavy atom. The molecule has 0 aliphatic rings. The number of terminal acetylenes is 1. The maximum atomic E-state index is 11.9. The largest absolute Gasteiger partial charge is 0.459 e. The number of nitrogens with one attached hydrogen (secondary N) is 2. The quantitative estimate of drug-likeness (QED) is 0.639. The number of rotatable bonds is 4. The number of amides is 1. The third-order valence-electron chi connectivity index (χ3n) is 2.56. The molecule has 0 atom stereocenters. The lowest BCUT2D eigenvalue weighted by atomic mass is 10.1. The average Bonchev–Trinajstić information content (AvgIpc) is 2.61. The van der Waals surface area contributed by atoms with Gasteiger partial charge in [-0.3, -0.25) is 4.79 Å². The van der Waals surface area contributed by atoms with E-state index in [0.717, 1.165) is 0 Å². The van der Waals surface area contributed by atoms with Crippen molar-refractivity contribution < 1.29 is 14.3 Å². The molecule has 0 fully saturated rings. The van der Waals surface area contributed by atoms with E-state index < -0.39 is 5.97 Å². The molecule has 19 heavy (non-hydrogen) atoms. The van der Waals surface area contributed by atoms with Gasteiger partial charge in [-0.15, -0.1) is 6.42 Å². The van der Waals surface area contributed by atoms with E-state index >= 15 is 0 Å². The van der Waals surface area contributed by atoms with Crippen LogP contribution in [-0.2, 0) is 4.74 Å². The number of aromatic nitrogens is 1. The SMILES string of the molecule is C#CCNC(=O)c1[nH]c(C)c(C(=O)OC(C)C)c1C. The molecule has 0 radical (unpaired) electrons. The van der Waals surface area contributed by atoms with Crippen LogP contribution in [0.5, 0.6) is 0 Å². The molecule has 5 heteroatoms. The zero-order chi connectivity index (χ0) is 14.6. The minimum Gasteiger partial charge on any atom is -0.459 e. The van der Waals surface area contributed by atoms with Gasteiger partial charge < -0.3 is 15.0 Å². The lowest BCUT2D eigenvalue weighted by molar-refractivity contribution is 0.0376. The normalized spacial score (nSPS) is 10.1. The predicted molar refractivity (Wildman–Crippen MR) is 72.0 cm³/mol. The first-order valence-electron chi connectivity index (χ1n) is 6.00. The second kappa shape index (κ2) is 6.10. The number of carbonyl (C=O) groups is 2. The van der Waals surface area contributed by atoms with Crippen molar-refractivity contribution >= 4 is 11.9 Å². The van der Waals surface area contributed by atoms with E-state index in [9.17, 15) is 9.59 Å². The van der Waals surface area contributed by atoms with Crippen molar-refractivity contribution in [1.82, 2.24) is 10.3 Å². The molecule has 0 saturated heterocycles. The standard InChI is InChI=1S/C14H18N2O3/c1-6-7-15-13(17)12-9(4)11(10(5)16-12)14(18)19-8(2)3/h1,8,16H,7H2,2-5H3,(H,15,17). The number of hydrogen-bond acceptors (Lipinski definition) is 3. The van der Waals surface area contributed by atoms with Gasteiger partial charge in [-0.25, -0.2) is 4.79 Å². The van der Waals surface area contributed by atoms with E-state index in [1.54, 1.807) is 27.7 Å². The fraction of sp³-hybridized carbons (Fsp3) is 0.429. The minimum absolute atomic E-state index is 0.141. The van der Waals surface area contributed by atoms with Crippen LogP contribution in [0.2, 0.25) is 0 Å². The van der Waals surface area contributed by atoms with Gasteiger partial charge >= 0.3 is 5.97 Å². The highest BCUT2D eigenvalue weighted by atomic mass is 16.5. The smallest absolute Gasteiger partial charge is 0.340 e. The summed E-state index contributed by atoms with van der Waals surface area (Å²) in [7, 11) is 0. The Labute approximate surface area is 112 Å². The molecule has 0 aliphatic heterocycles. The molecule has 0 unspecified atom stereocenters. The first-order valence-corrected chi connectivity index (χ1v) is 6.00. The number of aryl methyl sites for hydroxylation is 1. The Bertz CT molecular complexity index is 536. The van der Waals surface area contributed by atoms with E-state index in [-0.39, 0.29) is 18.6 Å². The fourth-order valence-corrected chi connectivity index (χ4v) is 1.78. The molecule has 1 aromatic heterocycles. The van der Waals surface area contributed by atoms with Crippen LogP contribution in [0.4, 0.5) is 0 Å². The molecule has 2 N–H and O–H groups in total. The van der Waals surface area contributed by atoms with E-state index in [0.29, 0.717) is 22.5 Å². The topological polar surface area (TPSA) is 71.2 Å². The summed E-state index contributed by atoms with van der Waals surface area (Å²) in [5, 5.41) is 2.55. The Morgan fingerprint density at radius 2 is 2.05 bits per heavy atom. The van der Waals surface area contributed by atoms with Crippen molar-refractivity contribution in [1.29, 1.82) is 0 Å². The summed E-state index contributed by atoms with van der Waals surface area (Å²) < 4.78 is 5.15. The molecular weight excluding hydrogens is 244 g/mol. The molecule has 102 valence electrons.